The van der Waals surface area contributed by atoms with Crippen LogP contribution in [-0.2, 0) is 4.79 Å². The topological polar surface area (TPSA) is 32.3 Å². The van der Waals surface area contributed by atoms with Gasteiger partial charge in [0.15, 0.2) is 0 Å². The number of hydrogen-bond donors (Lipinski definition) is 1. The number of benzene rings is 1. The highest BCUT2D eigenvalue weighted by atomic mass is 35.5. The lowest BCUT2D eigenvalue weighted by Gasteiger charge is -2.31. The number of carbonyl (C=O) groups excluding carboxylic acids is 1. The van der Waals surface area contributed by atoms with Gasteiger partial charge in [-0.2, -0.15) is 0 Å². The third-order valence-corrected chi connectivity index (χ3v) is 4.24. The first kappa shape index (κ1) is 15.5. The molecule has 1 atom stereocenters. The monoisotopic (exact) mass is 314 g/mol. The Balaban J connectivity index is 1.82. The first-order valence-electron chi connectivity index (χ1n) is 7.03. The SMILES string of the molecule is CC1CCCN(C(=O)CCNc2c(Cl)cccc2Cl)C1. The molecule has 2 rings (SSSR count). The van der Waals surface area contributed by atoms with Crippen molar-refractivity contribution in [2.45, 2.75) is 26.2 Å². The molecule has 0 bridgehead atoms. The van der Waals surface area contributed by atoms with Crippen LogP contribution in [0.25, 0.3) is 0 Å². The summed E-state index contributed by atoms with van der Waals surface area (Å²) in [5.74, 6) is 0.811. The van der Waals surface area contributed by atoms with E-state index in [-0.39, 0.29) is 5.91 Å². The van der Waals surface area contributed by atoms with Crippen molar-refractivity contribution >= 4 is 34.8 Å². The Bertz CT molecular complexity index is 459. The van der Waals surface area contributed by atoms with Crippen molar-refractivity contribution < 1.29 is 4.79 Å². The molecule has 1 unspecified atom stereocenters. The second-order valence-corrected chi connectivity index (χ2v) is 6.17. The van der Waals surface area contributed by atoms with Crippen LogP contribution in [0.3, 0.4) is 0 Å². The Morgan fingerprint density at radius 1 is 1.40 bits per heavy atom. The molecule has 1 aromatic rings. The molecule has 3 nitrogen and oxygen atoms in total. The minimum atomic E-state index is 0.201. The lowest BCUT2D eigenvalue weighted by molar-refractivity contribution is -0.132. The summed E-state index contributed by atoms with van der Waals surface area (Å²) in [7, 11) is 0. The molecule has 0 spiro atoms. The van der Waals surface area contributed by atoms with Gasteiger partial charge in [-0.25, -0.2) is 0 Å². The van der Waals surface area contributed by atoms with E-state index in [1.807, 2.05) is 4.90 Å². The normalized spacial score (nSPS) is 18.9. The fourth-order valence-electron chi connectivity index (χ4n) is 2.54. The number of nitrogens with one attached hydrogen (secondary N) is 1. The van der Waals surface area contributed by atoms with Crippen LogP contribution < -0.4 is 5.32 Å². The molecule has 20 heavy (non-hydrogen) atoms. The Morgan fingerprint density at radius 3 is 2.75 bits per heavy atom. The molecule has 0 saturated carbocycles. The minimum absolute atomic E-state index is 0.201. The Kier molecular flexibility index (Phi) is 5.55. The number of halogens is 2. The van der Waals surface area contributed by atoms with E-state index in [1.54, 1.807) is 18.2 Å². The Morgan fingerprint density at radius 2 is 2.10 bits per heavy atom. The lowest BCUT2D eigenvalue weighted by Crippen LogP contribution is -2.39. The summed E-state index contributed by atoms with van der Waals surface area (Å²) in [5, 5.41) is 4.31. The van der Waals surface area contributed by atoms with Crippen molar-refractivity contribution in [3.05, 3.63) is 28.2 Å². The van der Waals surface area contributed by atoms with E-state index in [2.05, 4.69) is 12.2 Å². The largest absolute Gasteiger partial charge is 0.382 e. The van der Waals surface area contributed by atoms with Crippen LogP contribution in [0.1, 0.15) is 26.2 Å². The van der Waals surface area contributed by atoms with Gasteiger partial charge in [-0.05, 0) is 30.9 Å². The molecule has 1 fully saturated rings. The fraction of sp³-hybridized carbons (Fsp3) is 0.533. The van der Waals surface area contributed by atoms with Gasteiger partial charge in [0, 0.05) is 26.1 Å². The maximum atomic E-state index is 12.1. The average Bonchev–Trinajstić information content (AvgIpc) is 2.42. The highest BCUT2D eigenvalue weighted by Crippen LogP contribution is 2.29. The van der Waals surface area contributed by atoms with Gasteiger partial charge in [0.25, 0.3) is 0 Å². The van der Waals surface area contributed by atoms with Gasteiger partial charge in [0.2, 0.25) is 5.91 Å². The van der Waals surface area contributed by atoms with Gasteiger partial charge in [0.1, 0.15) is 0 Å². The van der Waals surface area contributed by atoms with Crippen LogP contribution in [0.4, 0.5) is 5.69 Å². The van der Waals surface area contributed by atoms with Crippen LogP contribution in [0.2, 0.25) is 10.0 Å². The number of piperidine rings is 1. The van der Waals surface area contributed by atoms with Gasteiger partial charge >= 0.3 is 0 Å². The summed E-state index contributed by atoms with van der Waals surface area (Å²) in [4.78, 5) is 14.1. The zero-order chi connectivity index (χ0) is 14.5. The number of rotatable bonds is 4. The molecule has 1 aliphatic heterocycles. The van der Waals surface area contributed by atoms with Crippen molar-refractivity contribution in [1.29, 1.82) is 0 Å². The van der Waals surface area contributed by atoms with Crippen molar-refractivity contribution in [2.75, 3.05) is 25.0 Å². The number of nitrogens with zero attached hydrogens (tertiary/aromatic N) is 1. The van der Waals surface area contributed by atoms with Crippen molar-refractivity contribution in [3.8, 4) is 0 Å². The molecule has 1 aliphatic rings. The van der Waals surface area contributed by atoms with E-state index in [9.17, 15) is 4.79 Å². The van der Waals surface area contributed by atoms with E-state index in [1.165, 1.54) is 6.42 Å². The summed E-state index contributed by atoms with van der Waals surface area (Å²) in [6.45, 7) is 4.51. The number of carbonyl (C=O) groups is 1. The molecule has 1 heterocycles. The molecule has 0 aliphatic carbocycles. The number of amides is 1. The highest BCUT2D eigenvalue weighted by Gasteiger charge is 2.20. The highest BCUT2D eigenvalue weighted by molar-refractivity contribution is 6.39. The molecule has 1 amide bonds. The van der Waals surface area contributed by atoms with Gasteiger partial charge in [-0.1, -0.05) is 36.2 Å². The maximum Gasteiger partial charge on any atom is 0.224 e. The first-order chi connectivity index (χ1) is 9.58. The summed E-state index contributed by atoms with van der Waals surface area (Å²) >= 11 is 12.1. The van der Waals surface area contributed by atoms with E-state index < -0.39 is 0 Å². The zero-order valence-electron chi connectivity index (χ0n) is 11.7. The van der Waals surface area contributed by atoms with Crippen LogP contribution in [0.15, 0.2) is 18.2 Å². The van der Waals surface area contributed by atoms with E-state index in [4.69, 9.17) is 23.2 Å². The van der Waals surface area contributed by atoms with Crippen LogP contribution >= 0.6 is 23.2 Å². The summed E-state index contributed by atoms with van der Waals surface area (Å²) in [5.41, 5.74) is 0.704. The predicted octanol–water partition coefficient (Wildman–Crippen LogP) is 4.05. The number of hydrogen-bond acceptors (Lipinski definition) is 2. The number of likely N-dealkylation sites (tertiary alicyclic amines) is 1. The summed E-state index contributed by atoms with van der Waals surface area (Å²) in [6.07, 6.45) is 2.79. The van der Waals surface area contributed by atoms with Gasteiger partial charge in [0.05, 0.1) is 15.7 Å². The third kappa shape index (κ3) is 4.03. The molecule has 5 heteroatoms. The zero-order valence-corrected chi connectivity index (χ0v) is 13.2. The van der Waals surface area contributed by atoms with E-state index in [0.717, 1.165) is 19.5 Å². The predicted molar refractivity (Wildman–Crippen MR) is 84.5 cm³/mol. The van der Waals surface area contributed by atoms with E-state index >= 15 is 0 Å². The average molecular weight is 315 g/mol. The van der Waals surface area contributed by atoms with Crippen LogP contribution in [0, 0.1) is 5.92 Å². The van der Waals surface area contributed by atoms with Gasteiger partial charge < -0.3 is 10.2 Å². The fourth-order valence-corrected chi connectivity index (χ4v) is 3.07. The molecule has 0 radical (unpaired) electrons. The summed E-state index contributed by atoms with van der Waals surface area (Å²) in [6, 6.07) is 5.37. The third-order valence-electron chi connectivity index (χ3n) is 3.61. The maximum absolute atomic E-state index is 12.1. The quantitative estimate of drug-likeness (QED) is 0.909. The molecular formula is C15H20Cl2N2O. The number of anilines is 1. The Hall–Kier alpha value is -0.930. The first-order valence-corrected chi connectivity index (χ1v) is 7.79. The van der Waals surface area contributed by atoms with Crippen LogP contribution in [-0.4, -0.2) is 30.4 Å². The van der Waals surface area contributed by atoms with Crippen molar-refractivity contribution in [3.63, 3.8) is 0 Å². The molecule has 0 aromatic heterocycles. The molecule has 1 N–H and O–H groups in total. The minimum Gasteiger partial charge on any atom is -0.382 e. The smallest absolute Gasteiger partial charge is 0.224 e. The van der Waals surface area contributed by atoms with Gasteiger partial charge in [-0.3, -0.25) is 4.79 Å². The molecule has 1 aromatic carbocycles. The second-order valence-electron chi connectivity index (χ2n) is 5.36. The van der Waals surface area contributed by atoms with Gasteiger partial charge in [-0.15, -0.1) is 0 Å². The number of para-hydroxylation sites is 1. The Labute approximate surface area is 130 Å². The second kappa shape index (κ2) is 7.19. The summed E-state index contributed by atoms with van der Waals surface area (Å²) < 4.78 is 0. The molecular weight excluding hydrogens is 295 g/mol. The molecule has 110 valence electrons. The standard InChI is InChI=1S/C15H20Cl2N2O/c1-11-4-3-9-19(10-11)14(20)7-8-18-15-12(16)5-2-6-13(15)17/h2,5-6,11,18H,3-4,7-10H2,1H3. The lowest BCUT2D eigenvalue weighted by atomic mass is 10.00. The van der Waals surface area contributed by atoms with Crippen molar-refractivity contribution in [2.24, 2.45) is 5.92 Å². The molecule has 1 saturated heterocycles. The van der Waals surface area contributed by atoms with E-state index in [0.29, 0.717) is 34.6 Å². The van der Waals surface area contributed by atoms with Crippen molar-refractivity contribution in [1.82, 2.24) is 4.90 Å². The van der Waals surface area contributed by atoms with Crippen LogP contribution in [0.5, 0.6) is 0 Å².